The monoisotopic (exact) mass is 435 g/mol. The highest BCUT2D eigenvalue weighted by atomic mass is 19.4. The summed E-state index contributed by atoms with van der Waals surface area (Å²) in [6.45, 7) is 0.961. The number of nitriles is 1. The molecule has 0 N–H and O–H groups in total. The lowest BCUT2D eigenvalue weighted by Gasteiger charge is -2.42. The Balaban J connectivity index is 1.80. The molecule has 1 heterocycles. The highest BCUT2D eigenvalue weighted by Crippen LogP contribution is 2.35. The highest BCUT2D eigenvalue weighted by molar-refractivity contribution is 5.79. The van der Waals surface area contributed by atoms with E-state index in [0.29, 0.717) is 11.3 Å². The molecule has 1 atom stereocenters. The molecular weight excluding hydrogens is 414 g/mol. The molecule has 164 valence electrons. The number of alkyl halides is 3. The molecule has 9 heteroatoms. The van der Waals surface area contributed by atoms with Crippen LogP contribution in [0.1, 0.15) is 16.7 Å². The first kappa shape index (κ1) is 22.6. The number of benzene rings is 2. The van der Waals surface area contributed by atoms with Gasteiger partial charge in [-0.1, -0.05) is 18.2 Å². The van der Waals surface area contributed by atoms with Crippen LogP contribution in [0.15, 0.2) is 42.5 Å². The molecule has 1 aliphatic rings. The van der Waals surface area contributed by atoms with Gasteiger partial charge in [0.15, 0.2) is 0 Å². The number of carbonyl (C=O) groups is 1. The Hall–Kier alpha value is -3.12. The van der Waals surface area contributed by atoms with Gasteiger partial charge in [-0.3, -0.25) is 4.79 Å². The van der Waals surface area contributed by atoms with Gasteiger partial charge in [0.25, 0.3) is 0 Å². The lowest BCUT2D eigenvalue weighted by Crippen LogP contribution is -2.57. The van der Waals surface area contributed by atoms with E-state index >= 15 is 0 Å². The summed E-state index contributed by atoms with van der Waals surface area (Å²) in [5.74, 6) is -0.721. The molecule has 2 aromatic rings. The van der Waals surface area contributed by atoms with Crippen molar-refractivity contribution in [2.24, 2.45) is 0 Å². The van der Waals surface area contributed by atoms with E-state index in [0.717, 1.165) is 12.1 Å². The third-order valence-corrected chi connectivity index (χ3v) is 5.25. The molecule has 0 spiro atoms. The summed E-state index contributed by atoms with van der Waals surface area (Å²) in [5.41, 5.74) is -0.852. The quantitative estimate of drug-likeness (QED) is 0.674. The molecule has 1 fully saturated rings. The van der Waals surface area contributed by atoms with E-state index in [1.54, 1.807) is 34.1 Å². The maximum Gasteiger partial charge on any atom is 0.417 e. The average Bonchev–Trinajstić information content (AvgIpc) is 2.74. The number of hydrogen-bond acceptors (Lipinski definition) is 4. The molecule has 0 radical (unpaired) electrons. The van der Waals surface area contributed by atoms with E-state index in [-0.39, 0.29) is 38.6 Å². The van der Waals surface area contributed by atoms with Crippen molar-refractivity contribution in [2.75, 3.05) is 38.3 Å². The molecule has 1 unspecified atom stereocenters. The predicted molar refractivity (Wildman–Crippen MR) is 106 cm³/mol. The second-order valence-corrected chi connectivity index (χ2v) is 7.25. The van der Waals surface area contributed by atoms with Crippen LogP contribution in [0, 0.1) is 17.1 Å². The molecule has 2 aromatic carbocycles. The summed E-state index contributed by atoms with van der Waals surface area (Å²) in [6.07, 6.45) is -4.75. The van der Waals surface area contributed by atoms with Crippen molar-refractivity contribution in [3.05, 3.63) is 65.0 Å². The van der Waals surface area contributed by atoms with E-state index in [2.05, 4.69) is 0 Å². The van der Waals surface area contributed by atoms with Crippen LogP contribution < -0.4 is 4.90 Å². The Bertz CT molecular complexity index is 987. The minimum absolute atomic E-state index is 0.0958. The van der Waals surface area contributed by atoms with Gasteiger partial charge in [0.2, 0.25) is 5.91 Å². The van der Waals surface area contributed by atoms with Crippen molar-refractivity contribution in [1.82, 2.24) is 4.90 Å². The molecule has 0 bridgehead atoms. The number of anilines is 1. The van der Waals surface area contributed by atoms with E-state index in [4.69, 9.17) is 10.00 Å². The summed E-state index contributed by atoms with van der Waals surface area (Å²) in [6, 6.07) is 10.8. The number of nitrogens with zero attached hydrogens (tertiary/aromatic N) is 3. The summed E-state index contributed by atoms with van der Waals surface area (Å²) < 4.78 is 59.2. The standard InChI is InChI=1S/C22H21F4N3O2/c1-31-14-18-13-28(21(30)10-15-4-2-3-5-20(15)23)8-9-29(18)17-7-6-16(12-27)19(11-17)22(24,25)26/h2-7,11,18H,8-10,13-14H2,1H3. The minimum Gasteiger partial charge on any atom is -0.382 e. The normalized spacial score (nSPS) is 16.8. The number of hydrogen-bond donors (Lipinski definition) is 0. The van der Waals surface area contributed by atoms with E-state index in [9.17, 15) is 22.4 Å². The van der Waals surface area contributed by atoms with Gasteiger partial charge in [0.1, 0.15) is 5.82 Å². The van der Waals surface area contributed by atoms with Gasteiger partial charge >= 0.3 is 6.18 Å². The zero-order valence-corrected chi connectivity index (χ0v) is 16.8. The second-order valence-electron chi connectivity index (χ2n) is 7.25. The largest absolute Gasteiger partial charge is 0.417 e. The molecular formula is C22H21F4N3O2. The molecule has 1 amide bonds. The topological polar surface area (TPSA) is 56.6 Å². The minimum atomic E-state index is -4.66. The van der Waals surface area contributed by atoms with Crippen molar-refractivity contribution in [3.63, 3.8) is 0 Å². The van der Waals surface area contributed by atoms with Gasteiger partial charge in [0.05, 0.1) is 36.3 Å². The zero-order chi connectivity index (χ0) is 22.6. The fraction of sp³-hybridized carbons (Fsp3) is 0.364. The van der Waals surface area contributed by atoms with Crippen molar-refractivity contribution < 1.29 is 27.1 Å². The zero-order valence-electron chi connectivity index (χ0n) is 16.8. The number of rotatable bonds is 5. The van der Waals surface area contributed by atoms with Gasteiger partial charge in [-0.2, -0.15) is 18.4 Å². The molecule has 5 nitrogen and oxygen atoms in total. The van der Waals surface area contributed by atoms with Crippen LogP contribution in [0.4, 0.5) is 23.2 Å². The molecule has 0 saturated carbocycles. The first-order valence-corrected chi connectivity index (χ1v) is 9.62. The first-order chi connectivity index (χ1) is 14.7. The van der Waals surface area contributed by atoms with Crippen molar-refractivity contribution in [1.29, 1.82) is 5.26 Å². The van der Waals surface area contributed by atoms with Crippen molar-refractivity contribution in [3.8, 4) is 6.07 Å². The van der Waals surface area contributed by atoms with Crippen LogP contribution in [0.2, 0.25) is 0 Å². The smallest absolute Gasteiger partial charge is 0.382 e. The summed E-state index contributed by atoms with van der Waals surface area (Å²) in [5, 5.41) is 9.00. The Kier molecular flexibility index (Phi) is 6.81. The molecule has 1 saturated heterocycles. The number of methoxy groups -OCH3 is 1. The fourth-order valence-electron chi connectivity index (χ4n) is 3.72. The second kappa shape index (κ2) is 9.35. The third kappa shape index (κ3) is 5.14. The number of piperazine rings is 1. The van der Waals surface area contributed by atoms with Crippen LogP contribution in [0.3, 0.4) is 0 Å². The Morgan fingerprint density at radius 1 is 1.23 bits per heavy atom. The van der Waals surface area contributed by atoms with Gasteiger partial charge in [-0.15, -0.1) is 0 Å². The van der Waals surface area contributed by atoms with Crippen LogP contribution in [0.25, 0.3) is 0 Å². The van der Waals surface area contributed by atoms with Gasteiger partial charge in [0, 0.05) is 32.4 Å². The fourth-order valence-corrected chi connectivity index (χ4v) is 3.72. The predicted octanol–water partition coefficient (Wildman–Crippen LogP) is 3.62. The SMILES string of the molecule is COCC1CN(C(=O)Cc2ccccc2F)CCN1c1ccc(C#N)c(C(F)(F)F)c1. The molecule has 0 aliphatic carbocycles. The van der Waals surface area contributed by atoms with Crippen LogP contribution >= 0.6 is 0 Å². The molecule has 0 aromatic heterocycles. The Labute approximate surface area is 177 Å². The maximum atomic E-state index is 13.9. The number of carbonyl (C=O) groups excluding carboxylic acids is 1. The number of amides is 1. The van der Waals surface area contributed by atoms with E-state index < -0.39 is 29.2 Å². The van der Waals surface area contributed by atoms with Crippen LogP contribution in [-0.2, 0) is 22.1 Å². The lowest BCUT2D eigenvalue weighted by molar-refractivity contribution is -0.137. The molecule has 3 rings (SSSR count). The summed E-state index contributed by atoms with van der Waals surface area (Å²) in [7, 11) is 1.47. The van der Waals surface area contributed by atoms with Gasteiger partial charge < -0.3 is 14.5 Å². The van der Waals surface area contributed by atoms with E-state index in [1.165, 1.54) is 19.2 Å². The van der Waals surface area contributed by atoms with Crippen LogP contribution in [0.5, 0.6) is 0 Å². The van der Waals surface area contributed by atoms with Gasteiger partial charge in [-0.25, -0.2) is 4.39 Å². The van der Waals surface area contributed by atoms with Gasteiger partial charge in [-0.05, 0) is 29.8 Å². The first-order valence-electron chi connectivity index (χ1n) is 9.62. The number of halogens is 4. The molecule has 31 heavy (non-hydrogen) atoms. The summed E-state index contributed by atoms with van der Waals surface area (Å²) in [4.78, 5) is 16.0. The summed E-state index contributed by atoms with van der Waals surface area (Å²) >= 11 is 0. The molecule has 1 aliphatic heterocycles. The highest BCUT2D eigenvalue weighted by Gasteiger charge is 2.36. The van der Waals surface area contributed by atoms with Crippen LogP contribution in [-0.4, -0.2) is 50.2 Å². The number of ether oxygens (including phenoxy) is 1. The maximum absolute atomic E-state index is 13.9. The van der Waals surface area contributed by atoms with Crippen molar-refractivity contribution >= 4 is 11.6 Å². The lowest BCUT2D eigenvalue weighted by atomic mass is 10.0. The Morgan fingerprint density at radius 2 is 1.97 bits per heavy atom. The Morgan fingerprint density at radius 3 is 2.61 bits per heavy atom. The van der Waals surface area contributed by atoms with Crippen molar-refractivity contribution in [2.45, 2.75) is 18.6 Å². The third-order valence-electron chi connectivity index (χ3n) is 5.25. The average molecular weight is 435 g/mol. The van der Waals surface area contributed by atoms with E-state index in [1.807, 2.05) is 0 Å².